The molecule has 174 valence electrons. The number of aromatic hydroxyl groups is 1. The first-order valence-electron chi connectivity index (χ1n) is 10.3. The van der Waals surface area contributed by atoms with Gasteiger partial charge < -0.3 is 10.0 Å². The van der Waals surface area contributed by atoms with Crippen LogP contribution in [0.15, 0.2) is 46.4 Å². The number of nitro groups is 1. The minimum absolute atomic E-state index is 0.0233. The van der Waals surface area contributed by atoms with E-state index in [-0.39, 0.29) is 29.4 Å². The lowest BCUT2D eigenvalue weighted by molar-refractivity contribution is -0.384. The SMILES string of the molecule is CCN(CC)c1ccc(C=NNc2ccc(S(=O)(=O)N(CC)CC)cc2[N+](=O)[O-])c(O)c1. The molecule has 0 unspecified atom stereocenters. The summed E-state index contributed by atoms with van der Waals surface area (Å²) in [6, 6.07) is 8.79. The second kappa shape index (κ2) is 10.9. The summed E-state index contributed by atoms with van der Waals surface area (Å²) >= 11 is 0. The Labute approximate surface area is 188 Å². The zero-order chi connectivity index (χ0) is 23.9. The highest BCUT2D eigenvalue weighted by molar-refractivity contribution is 7.89. The summed E-state index contributed by atoms with van der Waals surface area (Å²) in [6.45, 7) is 9.55. The zero-order valence-electron chi connectivity index (χ0n) is 18.6. The number of hydrazone groups is 1. The fraction of sp³-hybridized carbons (Fsp3) is 0.381. The molecule has 2 aromatic rings. The Morgan fingerprint density at radius 3 is 2.25 bits per heavy atom. The van der Waals surface area contributed by atoms with Gasteiger partial charge in [-0.2, -0.15) is 9.41 Å². The molecule has 2 aromatic carbocycles. The number of hydrogen-bond acceptors (Lipinski definition) is 8. The van der Waals surface area contributed by atoms with Gasteiger partial charge in [-0.15, -0.1) is 0 Å². The Hall–Kier alpha value is -3.18. The summed E-state index contributed by atoms with van der Waals surface area (Å²) in [6.07, 6.45) is 1.34. The summed E-state index contributed by atoms with van der Waals surface area (Å²) in [7, 11) is -3.83. The molecule has 0 amide bonds. The second-order valence-corrected chi connectivity index (χ2v) is 8.75. The van der Waals surface area contributed by atoms with Gasteiger partial charge in [-0.25, -0.2) is 8.42 Å². The number of phenolic OH excluding ortho intramolecular Hbond substituents is 1. The number of phenols is 1. The van der Waals surface area contributed by atoms with Gasteiger partial charge in [0, 0.05) is 49.6 Å². The van der Waals surface area contributed by atoms with Crippen molar-refractivity contribution in [1.29, 1.82) is 0 Å². The molecule has 0 saturated heterocycles. The lowest BCUT2D eigenvalue weighted by Gasteiger charge is -2.21. The van der Waals surface area contributed by atoms with Gasteiger partial charge >= 0.3 is 0 Å². The fourth-order valence-electron chi connectivity index (χ4n) is 3.23. The molecule has 0 heterocycles. The number of nitro benzene ring substituents is 1. The smallest absolute Gasteiger partial charge is 0.295 e. The Bertz CT molecular complexity index is 1080. The number of hydrogen-bond donors (Lipinski definition) is 2. The van der Waals surface area contributed by atoms with E-state index >= 15 is 0 Å². The van der Waals surface area contributed by atoms with Crippen LogP contribution < -0.4 is 10.3 Å². The van der Waals surface area contributed by atoms with E-state index in [4.69, 9.17) is 0 Å². The third-order valence-electron chi connectivity index (χ3n) is 5.04. The van der Waals surface area contributed by atoms with Crippen molar-refractivity contribution < 1.29 is 18.4 Å². The van der Waals surface area contributed by atoms with Crippen molar-refractivity contribution in [2.45, 2.75) is 32.6 Å². The van der Waals surface area contributed by atoms with Gasteiger partial charge in [0.15, 0.2) is 0 Å². The normalized spacial score (nSPS) is 11.8. The first-order chi connectivity index (χ1) is 15.2. The fourth-order valence-corrected chi connectivity index (χ4v) is 4.71. The molecular formula is C21H29N5O5S. The van der Waals surface area contributed by atoms with Crippen molar-refractivity contribution in [3.05, 3.63) is 52.1 Å². The van der Waals surface area contributed by atoms with E-state index < -0.39 is 20.6 Å². The lowest BCUT2D eigenvalue weighted by Crippen LogP contribution is -2.30. The van der Waals surface area contributed by atoms with Crippen molar-refractivity contribution in [3.63, 3.8) is 0 Å². The highest BCUT2D eigenvalue weighted by atomic mass is 32.2. The largest absolute Gasteiger partial charge is 0.507 e. The minimum Gasteiger partial charge on any atom is -0.507 e. The molecule has 10 nitrogen and oxygen atoms in total. The van der Waals surface area contributed by atoms with Gasteiger partial charge in [-0.3, -0.25) is 15.5 Å². The molecule has 0 saturated carbocycles. The standard InChI is InChI=1S/C21H29N5O5S/c1-5-24(6-2)17-10-9-16(21(27)13-17)15-22-23-19-12-11-18(14-20(19)26(28)29)32(30,31)25(7-3)8-4/h9-15,23,27H,5-8H2,1-4H3. The van der Waals surface area contributed by atoms with E-state index in [0.29, 0.717) is 5.56 Å². The maximum atomic E-state index is 12.7. The first kappa shape index (κ1) is 25.1. The molecule has 0 fully saturated rings. The van der Waals surface area contributed by atoms with Gasteiger partial charge in [-0.05, 0) is 38.1 Å². The molecule has 11 heteroatoms. The average molecular weight is 464 g/mol. The maximum Gasteiger partial charge on any atom is 0.295 e. The predicted octanol–water partition coefficient (Wildman–Crippen LogP) is 3.62. The molecule has 0 bridgehead atoms. The summed E-state index contributed by atoms with van der Waals surface area (Å²) < 4.78 is 26.5. The Kier molecular flexibility index (Phi) is 8.56. The molecule has 0 spiro atoms. The monoisotopic (exact) mass is 463 g/mol. The number of sulfonamides is 1. The van der Waals surface area contributed by atoms with Crippen LogP contribution in [0.2, 0.25) is 0 Å². The van der Waals surface area contributed by atoms with E-state index in [1.54, 1.807) is 26.0 Å². The van der Waals surface area contributed by atoms with Crippen LogP contribution >= 0.6 is 0 Å². The lowest BCUT2D eigenvalue weighted by atomic mass is 10.2. The van der Waals surface area contributed by atoms with Crippen molar-refractivity contribution in [2.75, 3.05) is 36.5 Å². The van der Waals surface area contributed by atoms with Crippen molar-refractivity contribution in [1.82, 2.24) is 4.31 Å². The maximum absolute atomic E-state index is 12.7. The third kappa shape index (κ3) is 5.54. The number of anilines is 2. The Morgan fingerprint density at radius 1 is 1.06 bits per heavy atom. The van der Waals surface area contributed by atoms with Crippen LogP contribution in [0.5, 0.6) is 5.75 Å². The molecule has 0 radical (unpaired) electrons. The Morgan fingerprint density at radius 2 is 1.72 bits per heavy atom. The van der Waals surface area contributed by atoms with Gasteiger partial charge in [0.25, 0.3) is 5.69 Å². The molecule has 2 N–H and O–H groups in total. The van der Waals surface area contributed by atoms with E-state index in [1.807, 2.05) is 19.9 Å². The first-order valence-corrected chi connectivity index (χ1v) is 11.8. The summed E-state index contributed by atoms with van der Waals surface area (Å²) in [5.41, 5.74) is 3.48. The molecule has 0 aliphatic carbocycles. The molecule has 0 aliphatic rings. The van der Waals surface area contributed by atoms with Crippen LogP contribution in [0.25, 0.3) is 0 Å². The average Bonchev–Trinajstić information content (AvgIpc) is 2.76. The molecule has 2 rings (SSSR count). The van der Waals surface area contributed by atoms with Gasteiger partial charge in [-0.1, -0.05) is 13.8 Å². The highest BCUT2D eigenvalue weighted by Crippen LogP contribution is 2.29. The molecule has 0 atom stereocenters. The molecule has 32 heavy (non-hydrogen) atoms. The minimum atomic E-state index is -3.83. The Balaban J connectivity index is 2.28. The van der Waals surface area contributed by atoms with Gasteiger partial charge in [0.1, 0.15) is 11.4 Å². The van der Waals surface area contributed by atoms with Crippen molar-refractivity contribution in [3.8, 4) is 5.75 Å². The quantitative estimate of drug-likeness (QED) is 0.296. The topological polar surface area (TPSA) is 128 Å². The zero-order valence-corrected chi connectivity index (χ0v) is 19.5. The number of nitrogens with one attached hydrogen (secondary N) is 1. The second-order valence-electron chi connectivity index (χ2n) is 6.81. The van der Waals surface area contributed by atoms with Crippen LogP contribution in [-0.4, -0.2) is 55.1 Å². The molecular weight excluding hydrogens is 434 g/mol. The van der Waals surface area contributed by atoms with Crippen LogP contribution in [0.4, 0.5) is 17.1 Å². The summed E-state index contributed by atoms with van der Waals surface area (Å²) in [4.78, 5) is 12.8. The third-order valence-corrected chi connectivity index (χ3v) is 7.09. The predicted molar refractivity (Wildman–Crippen MR) is 126 cm³/mol. The summed E-state index contributed by atoms with van der Waals surface area (Å²) in [5, 5.41) is 25.8. The van der Waals surface area contributed by atoms with E-state index in [0.717, 1.165) is 24.8 Å². The number of benzene rings is 2. The van der Waals surface area contributed by atoms with Crippen molar-refractivity contribution in [2.24, 2.45) is 5.10 Å². The van der Waals surface area contributed by atoms with Crippen LogP contribution in [-0.2, 0) is 10.0 Å². The van der Waals surface area contributed by atoms with E-state index in [1.165, 1.54) is 22.7 Å². The van der Waals surface area contributed by atoms with E-state index in [9.17, 15) is 23.6 Å². The number of rotatable bonds is 11. The van der Waals surface area contributed by atoms with Crippen molar-refractivity contribution >= 4 is 33.3 Å². The van der Waals surface area contributed by atoms with E-state index in [2.05, 4.69) is 15.4 Å². The molecule has 0 aliphatic heterocycles. The van der Waals surface area contributed by atoms with Crippen LogP contribution in [0.1, 0.15) is 33.3 Å². The number of nitrogens with zero attached hydrogens (tertiary/aromatic N) is 4. The molecule has 0 aromatic heterocycles. The summed E-state index contributed by atoms with van der Waals surface area (Å²) in [5.74, 6) is 0.0233. The van der Waals surface area contributed by atoms with Gasteiger partial charge in [0.2, 0.25) is 10.0 Å². The van der Waals surface area contributed by atoms with Crippen LogP contribution in [0, 0.1) is 10.1 Å². The van der Waals surface area contributed by atoms with Gasteiger partial charge in [0.05, 0.1) is 16.0 Å². The highest BCUT2D eigenvalue weighted by Gasteiger charge is 2.25. The van der Waals surface area contributed by atoms with Crippen LogP contribution in [0.3, 0.4) is 0 Å².